The van der Waals surface area contributed by atoms with Crippen LogP contribution in [0.15, 0.2) is 16.9 Å². The quantitative estimate of drug-likeness (QED) is 0.853. The van der Waals surface area contributed by atoms with Gasteiger partial charge in [-0.3, -0.25) is 0 Å². The van der Waals surface area contributed by atoms with Crippen LogP contribution >= 0.6 is 15.9 Å². The molecule has 4 heteroatoms. The minimum absolute atomic E-state index is 0.873. The first kappa shape index (κ1) is 11.8. The van der Waals surface area contributed by atoms with E-state index >= 15 is 0 Å². The van der Waals surface area contributed by atoms with Gasteiger partial charge in [0.25, 0.3) is 0 Å². The van der Waals surface area contributed by atoms with E-state index in [0.717, 1.165) is 29.4 Å². The van der Waals surface area contributed by atoms with E-state index in [1.54, 1.807) is 0 Å². The summed E-state index contributed by atoms with van der Waals surface area (Å²) in [5, 5.41) is 0. The lowest BCUT2D eigenvalue weighted by atomic mass is 9.93. The van der Waals surface area contributed by atoms with Crippen LogP contribution in [0.2, 0.25) is 0 Å². The van der Waals surface area contributed by atoms with Gasteiger partial charge in [-0.25, -0.2) is 9.97 Å². The van der Waals surface area contributed by atoms with Gasteiger partial charge in [0.15, 0.2) is 0 Å². The van der Waals surface area contributed by atoms with Crippen LogP contribution in [0.5, 0.6) is 0 Å². The summed E-state index contributed by atoms with van der Waals surface area (Å²) in [5.74, 6) is 1.79. The molecule has 1 aromatic heterocycles. The first-order valence-electron chi connectivity index (χ1n) is 6.02. The molecular weight excluding hydrogens is 266 g/mol. The van der Waals surface area contributed by atoms with Gasteiger partial charge in [0.2, 0.25) is 5.95 Å². The van der Waals surface area contributed by atoms with E-state index in [0.29, 0.717) is 0 Å². The molecule has 0 amide bonds. The first-order valence-corrected chi connectivity index (χ1v) is 6.81. The Balaban J connectivity index is 1.91. The molecule has 0 radical (unpaired) electrons. The van der Waals surface area contributed by atoms with E-state index in [1.165, 1.54) is 25.7 Å². The van der Waals surface area contributed by atoms with Gasteiger partial charge in [0.05, 0.1) is 4.47 Å². The molecule has 1 fully saturated rings. The summed E-state index contributed by atoms with van der Waals surface area (Å²) in [5.41, 5.74) is 0. The fourth-order valence-electron chi connectivity index (χ4n) is 2.30. The fraction of sp³-hybridized carbons (Fsp3) is 0.667. The third-order valence-corrected chi connectivity index (χ3v) is 3.61. The van der Waals surface area contributed by atoms with Crippen molar-refractivity contribution in [3.63, 3.8) is 0 Å². The lowest BCUT2D eigenvalue weighted by Gasteiger charge is -2.31. The first-order chi connectivity index (χ1) is 7.79. The minimum atomic E-state index is 0.873. The van der Waals surface area contributed by atoms with Crippen LogP contribution in [0.1, 0.15) is 32.6 Å². The predicted molar refractivity (Wildman–Crippen MR) is 69.6 cm³/mol. The molecule has 2 rings (SSSR count). The lowest BCUT2D eigenvalue weighted by molar-refractivity contribution is 0.376. The van der Waals surface area contributed by atoms with Crippen molar-refractivity contribution in [3.05, 3.63) is 16.9 Å². The molecular formula is C12H18BrN3. The number of piperidine rings is 1. The number of hydrogen-bond acceptors (Lipinski definition) is 3. The second-order valence-corrected chi connectivity index (χ2v) is 5.34. The maximum Gasteiger partial charge on any atom is 0.225 e. The number of halogens is 1. The highest BCUT2D eigenvalue weighted by Gasteiger charge is 2.19. The zero-order valence-corrected chi connectivity index (χ0v) is 11.3. The van der Waals surface area contributed by atoms with Crippen molar-refractivity contribution in [2.24, 2.45) is 5.92 Å². The Morgan fingerprint density at radius 2 is 1.94 bits per heavy atom. The maximum atomic E-state index is 4.34. The number of nitrogens with zero attached hydrogens (tertiary/aromatic N) is 3. The van der Waals surface area contributed by atoms with Crippen LogP contribution in [0.4, 0.5) is 5.95 Å². The van der Waals surface area contributed by atoms with E-state index in [1.807, 2.05) is 12.4 Å². The molecule has 1 saturated heterocycles. The fourth-order valence-corrected chi connectivity index (χ4v) is 2.50. The van der Waals surface area contributed by atoms with Gasteiger partial charge in [0.1, 0.15) is 0 Å². The summed E-state index contributed by atoms with van der Waals surface area (Å²) in [7, 11) is 0. The van der Waals surface area contributed by atoms with Gasteiger partial charge in [-0.1, -0.05) is 19.8 Å². The summed E-state index contributed by atoms with van der Waals surface area (Å²) in [4.78, 5) is 11.0. The van der Waals surface area contributed by atoms with Gasteiger partial charge in [-0.05, 0) is 34.7 Å². The van der Waals surface area contributed by atoms with Crippen LogP contribution < -0.4 is 4.90 Å². The third-order valence-electron chi connectivity index (χ3n) is 3.20. The molecule has 1 aromatic rings. The molecule has 0 unspecified atom stereocenters. The standard InChI is InChI=1S/C12H18BrN3/c1-2-3-10-4-6-16(7-5-10)12-14-8-11(13)9-15-12/h8-10H,2-7H2,1H3. The summed E-state index contributed by atoms with van der Waals surface area (Å²) in [6.07, 6.45) is 8.88. The van der Waals surface area contributed by atoms with Crippen LogP contribution in [-0.2, 0) is 0 Å². The molecule has 0 N–H and O–H groups in total. The van der Waals surface area contributed by atoms with Crippen LogP contribution in [0, 0.1) is 5.92 Å². The number of anilines is 1. The molecule has 0 spiro atoms. The number of hydrogen-bond donors (Lipinski definition) is 0. The molecule has 1 aliphatic rings. The van der Waals surface area contributed by atoms with Crippen molar-refractivity contribution in [3.8, 4) is 0 Å². The Hall–Kier alpha value is -0.640. The van der Waals surface area contributed by atoms with Gasteiger partial charge >= 0.3 is 0 Å². The van der Waals surface area contributed by atoms with E-state index in [-0.39, 0.29) is 0 Å². The minimum Gasteiger partial charge on any atom is -0.341 e. The molecule has 0 saturated carbocycles. The Labute approximate surface area is 105 Å². The van der Waals surface area contributed by atoms with Crippen molar-refractivity contribution in [1.29, 1.82) is 0 Å². The number of aromatic nitrogens is 2. The van der Waals surface area contributed by atoms with Crippen molar-refractivity contribution in [2.75, 3.05) is 18.0 Å². The molecule has 2 heterocycles. The summed E-state index contributed by atoms with van der Waals surface area (Å²) < 4.78 is 0.942. The smallest absolute Gasteiger partial charge is 0.225 e. The van der Waals surface area contributed by atoms with Gasteiger partial charge in [-0.15, -0.1) is 0 Å². The van der Waals surface area contributed by atoms with E-state index in [4.69, 9.17) is 0 Å². The van der Waals surface area contributed by atoms with Crippen molar-refractivity contribution < 1.29 is 0 Å². The highest BCUT2D eigenvalue weighted by molar-refractivity contribution is 9.10. The molecule has 3 nitrogen and oxygen atoms in total. The van der Waals surface area contributed by atoms with Crippen LogP contribution in [-0.4, -0.2) is 23.1 Å². The third kappa shape index (κ3) is 2.94. The van der Waals surface area contributed by atoms with E-state index < -0.39 is 0 Å². The molecule has 16 heavy (non-hydrogen) atoms. The van der Waals surface area contributed by atoms with Gasteiger partial charge in [-0.2, -0.15) is 0 Å². The Morgan fingerprint density at radius 1 is 1.31 bits per heavy atom. The van der Waals surface area contributed by atoms with Crippen LogP contribution in [0.25, 0.3) is 0 Å². The molecule has 88 valence electrons. The highest BCUT2D eigenvalue weighted by Crippen LogP contribution is 2.24. The van der Waals surface area contributed by atoms with Gasteiger partial charge < -0.3 is 4.90 Å². The maximum absolute atomic E-state index is 4.34. The molecule has 0 aromatic carbocycles. The summed E-state index contributed by atoms with van der Waals surface area (Å²) in [6, 6.07) is 0. The Morgan fingerprint density at radius 3 is 2.50 bits per heavy atom. The predicted octanol–water partition coefficient (Wildman–Crippen LogP) is 3.26. The van der Waals surface area contributed by atoms with E-state index in [2.05, 4.69) is 37.7 Å². The van der Waals surface area contributed by atoms with Crippen molar-refractivity contribution in [2.45, 2.75) is 32.6 Å². The van der Waals surface area contributed by atoms with E-state index in [9.17, 15) is 0 Å². The second-order valence-electron chi connectivity index (χ2n) is 4.42. The normalized spacial score (nSPS) is 17.8. The largest absolute Gasteiger partial charge is 0.341 e. The molecule has 0 bridgehead atoms. The lowest BCUT2D eigenvalue weighted by Crippen LogP contribution is -2.34. The zero-order valence-electron chi connectivity index (χ0n) is 9.69. The molecule has 1 aliphatic heterocycles. The Bertz CT molecular complexity index is 318. The average Bonchev–Trinajstić information content (AvgIpc) is 2.32. The summed E-state index contributed by atoms with van der Waals surface area (Å²) in [6.45, 7) is 4.48. The van der Waals surface area contributed by atoms with Crippen LogP contribution in [0.3, 0.4) is 0 Å². The topological polar surface area (TPSA) is 29.0 Å². The SMILES string of the molecule is CCCC1CCN(c2ncc(Br)cn2)CC1. The van der Waals surface area contributed by atoms with Crippen molar-refractivity contribution >= 4 is 21.9 Å². The monoisotopic (exact) mass is 283 g/mol. The molecule has 0 aliphatic carbocycles. The van der Waals surface area contributed by atoms with Gasteiger partial charge in [0, 0.05) is 25.5 Å². The zero-order chi connectivity index (χ0) is 11.4. The van der Waals surface area contributed by atoms with Crippen molar-refractivity contribution in [1.82, 2.24) is 9.97 Å². The highest BCUT2D eigenvalue weighted by atomic mass is 79.9. The second kappa shape index (κ2) is 5.62. The number of rotatable bonds is 3. The summed E-state index contributed by atoms with van der Waals surface area (Å²) >= 11 is 3.36. The molecule has 0 atom stereocenters. The average molecular weight is 284 g/mol. The Kier molecular flexibility index (Phi) is 4.16.